The molecule has 1 aliphatic rings. The summed E-state index contributed by atoms with van der Waals surface area (Å²) in [6.45, 7) is 3.61. The Morgan fingerprint density at radius 2 is 1.92 bits per heavy atom. The summed E-state index contributed by atoms with van der Waals surface area (Å²) in [6.07, 6.45) is 2.25. The maximum absolute atomic E-state index is 12.0. The van der Waals surface area contributed by atoms with Crippen LogP contribution in [0.15, 0.2) is 42.5 Å². The van der Waals surface area contributed by atoms with E-state index in [2.05, 4.69) is 15.6 Å². The standard InChI is InChI=1S/C20H26N4O2/c1-26-18-9-3-2-7-16(18)17-8-6-10-19(23-17)22-12-11-21-15-20(25)24-13-4-5-14-24/h2-3,6-10,21H,4-5,11-15H2,1H3,(H,22,23). The molecule has 0 atom stereocenters. The summed E-state index contributed by atoms with van der Waals surface area (Å²) >= 11 is 0. The van der Waals surface area contributed by atoms with Crippen molar-refractivity contribution in [2.75, 3.05) is 45.2 Å². The van der Waals surface area contributed by atoms with Crippen LogP contribution in [0.1, 0.15) is 12.8 Å². The molecule has 138 valence electrons. The maximum atomic E-state index is 12.0. The molecule has 2 N–H and O–H groups in total. The molecule has 6 heteroatoms. The Hall–Kier alpha value is -2.60. The van der Waals surface area contributed by atoms with E-state index < -0.39 is 0 Å². The van der Waals surface area contributed by atoms with Crippen LogP contribution in [0.3, 0.4) is 0 Å². The maximum Gasteiger partial charge on any atom is 0.236 e. The largest absolute Gasteiger partial charge is 0.496 e. The molecule has 0 spiro atoms. The van der Waals surface area contributed by atoms with Gasteiger partial charge in [-0.05, 0) is 37.1 Å². The number of amides is 1. The van der Waals surface area contributed by atoms with Crippen LogP contribution in [-0.2, 0) is 4.79 Å². The topological polar surface area (TPSA) is 66.5 Å². The minimum Gasteiger partial charge on any atom is -0.496 e. The fourth-order valence-corrected chi connectivity index (χ4v) is 3.09. The number of methoxy groups -OCH3 is 1. The predicted molar refractivity (Wildman–Crippen MR) is 103 cm³/mol. The first-order valence-corrected chi connectivity index (χ1v) is 9.11. The lowest BCUT2D eigenvalue weighted by atomic mass is 10.1. The second-order valence-electron chi connectivity index (χ2n) is 6.30. The highest BCUT2D eigenvalue weighted by molar-refractivity contribution is 5.78. The lowest BCUT2D eigenvalue weighted by molar-refractivity contribution is -0.129. The molecule has 1 aliphatic heterocycles. The lowest BCUT2D eigenvalue weighted by Gasteiger charge is -2.15. The summed E-state index contributed by atoms with van der Waals surface area (Å²) in [5.74, 6) is 1.80. The van der Waals surface area contributed by atoms with E-state index in [1.165, 1.54) is 0 Å². The predicted octanol–water partition coefficient (Wildman–Crippen LogP) is 2.38. The number of carbonyl (C=O) groups is 1. The van der Waals surface area contributed by atoms with Crippen molar-refractivity contribution in [2.45, 2.75) is 12.8 Å². The van der Waals surface area contributed by atoms with Gasteiger partial charge in [-0.15, -0.1) is 0 Å². The van der Waals surface area contributed by atoms with Crippen molar-refractivity contribution in [3.05, 3.63) is 42.5 Å². The summed E-state index contributed by atoms with van der Waals surface area (Å²) in [4.78, 5) is 18.5. The van der Waals surface area contributed by atoms with Crippen LogP contribution in [0.4, 0.5) is 5.82 Å². The molecule has 0 bridgehead atoms. The van der Waals surface area contributed by atoms with Crippen molar-refractivity contribution in [3.8, 4) is 17.0 Å². The molecule has 0 saturated carbocycles. The number of likely N-dealkylation sites (tertiary alicyclic amines) is 1. The molecule has 0 radical (unpaired) electrons. The van der Waals surface area contributed by atoms with Gasteiger partial charge in [0.15, 0.2) is 0 Å². The number of ether oxygens (including phenoxy) is 1. The van der Waals surface area contributed by atoms with Gasteiger partial charge < -0.3 is 20.3 Å². The van der Waals surface area contributed by atoms with Crippen molar-refractivity contribution in [1.29, 1.82) is 0 Å². The van der Waals surface area contributed by atoms with E-state index in [1.54, 1.807) is 7.11 Å². The van der Waals surface area contributed by atoms with E-state index in [4.69, 9.17) is 4.74 Å². The van der Waals surface area contributed by atoms with Gasteiger partial charge >= 0.3 is 0 Å². The first kappa shape index (κ1) is 18.2. The Bertz CT molecular complexity index is 729. The first-order chi connectivity index (χ1) is 12.8. The van der Waals surface area contributed by atoms with E-state index in [0.717, 1.165) is 48.8 Å². The zero-order valence-electron chi connectivity index (χ0n) is 15.2. The number of pyridine rings is 1. The van der Waals surface area contributed by atoms with Crippen LogP contribution < -0.4 is 15.4 Å². The molecule has 1 aromatic heterocycles. The molecule has 1 aromatic carbocycles. The highest BCUT2D eigenvalue weighted by Gasteiger charge is 2.16. The van der Waals surface area contributed by atoms with E-state index in [-0.39, 0.29) is 5.91 Å². The number of carbonyl (C=O) groups excluding carboxylic acids is 1. The summed E-state index contributed by atoms with van der Waals surface area (Å²) in [7, 11) is 1.66. The van der Waals surface area contributed by atoms with Crippen LogP contribution in [-0.4, -0.2) is 55.6 Å². The number of para-hydroxylation sites is 1. The molecule has 0 aliphatic carbocycles. The van der Waals surface area contributed by atoms with Crippen molar-refractivity contribution < 1.29 is 9.53 Å². The zero-order valence-corrected chi connectivity index (χ0v) is 15.2. The fraction of sp³-hybridized carbons (Fsp3) is 0.400. The summed E-state index contributed by atoms with van der Waals surface area (Å²) in [5, 5.41) is 6.49. The second-order valence-corrected chi connectivity index (χ2v) is 6.30. The van der Waals surface area contributed by atoms with Crippen LogP contribution in [0.25, 0.3) is 11.3 Å². The first-order valence-electron chi connectivity index (χ1n) is 9.11. The monoisotopic (exact) mass is 354 g/mol. The molecule has 0 unspecified atom stereocenters. The van der Waals surface area contributed by atoms with Gasteiger partial charge in [-0.3, -0.25) is 4.79 Å². The van der Waals surface area contributed by atoms with Crippen LogP contribution >= 0.6 is 0 Å². The average molecular weight is 354 g/mol. The van der Waals surface area contributed by atoms with Gasteiger partial charge in [-0.2, -0.15) is 0 Å². The highest BCUT2D eigenvalue weighted by Crippen LogP contribution is 2.28. The minimum atomic E-state index is 0.193. The normalized spacial score (nSPS) is 13.7. The Morgan fingerprint density at radius 3 is 2.73 bits per heavy atom. The molecule has 26 heavy (non-hydrogen) atoms. The Labute approximate surface area is 154 Å². The van der Waals surface area contributed by atoms with Crippen molar-refractivity contribution in [2.24, 2.45) is 0 Å². The van der Waals surface area contributed by atoms with Crippen molar-refractivity contribution >= 4 is 11.7 Å². The molecular formula is C20H26N4O2. The third-order valence-corrected chi connectivity index (χ3v) is 4.47. The summed E-state index contributed by atoms with van der Waals surface area (Å²) < 4.78 is 5.41. The second kappa shape index (κ2) is 9.20. The highest BCUT2D eigenvalue weighted by atomic mass is 16.5. The number of hydrogen-bond acceptors (Lipinski definition) is 5. The summed E-state index contributed by atoms with van der Waals surface area (Å²) in [5.41, 5.74) is 1.83. The Balaban J connectivity index is 1.47. The van der Waals surface area contributed by atoms with Gasteiger partial charge in [0.1, 0.15) is 11.6 Å². The van der Waals surface area contributed by atoms with E-state index >= 15 is 0 Å². The molecule has 1 amide bonds. The number of rotatable bonds is 8. The lowest BCUT2D eigenvalue weighted by Crippen LogP contribution is -2.37. The number of anilines is 1. The smallest absolute Gasteiger partial charge is 0.236 e. The molecule has 1 fully saturated rings. The molecule has 2 aromatic rings. The van der Waals surface area contributed by atoms with Gasteiger partial charge in [0.05, 0.1) is 19.3 Å². The van der Waals surface area contributed by atoms with Crippen molar-refractivity contribution in [3.63, 3.8) is 0 Å². The molecule has 2 heterocycles. The van der Waals surface area contributed by atoms with E-state index in [1.807, 2.05) is 47.4 Å². The van der Waals surface area contributed by atoms with Gasteiger partial charge in [0.2, 0.25) is 5.91 Å². The minimum absolute atomic E-state index is 0.193. The van der Waals surface area contributed by atoms with Gasteiger partial charge in [-0.1, -0.05) is 18.2 Å². The fourth-order valence-electron chi connectivity index (χ4n) is 3.09. The number of aromatic nitrogens is 1. The molecule has 1 saturated heterocycles. The van der Waals surface area contributed by atoms with Crippen molar-refractivity contribution in [1.82, 2.24) is 15.2 Å². The average Bonchev–Trinajstić information content (AvgIpc) is 3.23. The van der Waals surface area contributed by atoms with E-state index in [9.17, 15) is 4.79 Å². The zero-order chi connectivity index (χ0) is 18.2. The number of benzene rings is 1. The third kappa shape index (κ3) is 4.73. The third-order valence-electron chi connectivity index (χ3n) is 4.47. The van der Waals surface area contributed by atoms with Crippen LogP contribution in [0, 0.1) is 0 Å². The van der Waals surface area contributed by atoms with E-state index in [0.29, 0.717) is 19.6 Å². The van der Waals surface area contributed by atoms with Gasteiger partial charge in [0.25, 0.3) is 0 Å². The quantitative estimate of drug-likeness (QED) is 0.713. The van der Waals surface area contributed by atoms with Crippen LogP contribution in [0.5, 0.6) is 5.75 Å². The SMILES string of the molecule is COc1ccccc1-c1cccc(NCCNCC(=O)N2CCCC2)n1. The molecular weight excluding hydrogens is 328 g/mol. The molecule has 6 nitrogen and oxygen atoms in total. The summed E-state index contributed by atoms with van der Waals surface area (Å²) in [6, 6.07) is 13.7. The number of hydrogen-bond donors (Lipinski definition) is 2. The Morgan fingerprint density at radius 1 is 1.12 bits per heavy atom. The number of nitrogens with one attached hydrogen (secondary N) is 2. The van der Waals surface area contributed by atoms with Crippen LogP contribution in [0.2, 0.25) is 0 Å². The molecule has 3 rings (SSSR count). The number of nitrogens with zero attached hydrogens (tertiary/aromatic N) is 2. The van der Waals surface area contributed by atoms with Gasteiger partial charge in [0, 0.05) is 31.7 Å². The Kier molecular flexibility index (Phi) is 6.44. The van der Waals surface area contributed by atoms with Gasteiger partial charge in [-0.25, -0.2) is 4.98 Å².